The second kappa shape index (κ2) is 10.8. The fourth-order valence-electron chi connectivity index (χ4n) is 3.93. The number of carbonyl (C=O) groups is 2. The van der Waals surface area contributed by atoms with E-state index in [1.807, 2.05) is 44.2 Å². The maximum absolute atomic E-state index is 12.9. The van der Waals surface area contributed by atoms with Crippen molar-refractivity contribution in [1.29, 1.82) is 0 Å². The third-order valence-electron chi connectivity index (χ3n) is 5.59. The lowest BCUT2D eigenvalue weighted by Gasteiger charge is -2.21. The van der Waals surface area contributed by atoms with E-state index in [1.54, 1.807) is 12.1 Å². The molecule has 5 nitrogen and oxygen atoms in total. The summed E-state index contributed by atoms with van der Waals surface area (Å²) < 4.78 is 5.72. The maximum atomic E-state index is 12.9. The fraction of sp³-hybridized carbons (Fsp3) is 0.440. The number of hydrogen-bond acceptors (Lipinski definition) is 3. The molecule has 1 aliphatic rings. The first-order valence-electron chi connectivity index (χ1n) is 10.9. The number of para-hydroxylation sites is 1. The van der Waals surface area contributed by atoms with E-state index in [0.717, 1.165) is 42.5 Å². The van der Waals surface area contributed by atoms with Crippen molar-refractivity contribution < 1.29 is 14.3 Å². The van der Waals surface area contributed by atoms with Crippen molar-refractivity contribution in [3.8, 4) is 5.75 Å². The molecule has 0 unspecified atom stereocenters. The number of anilines is 1. The molecule has 1 aliphatic carbocycles. The Morgan fingerprint density at radius 2 is 1.67 bits per heavy atom. The number of benzene rings is 2. The Kier molecular flexibility index (Phi) is 7.89. The number of aryl methyl sites for hydroxylation is 2. The van der Waals surface area contributed by atoms with E-state index in [4.69, 9.17) is 4.74 Å². The van der Waals surface area contributed by atoms with Crippen molar-refractivity contribution in [3.63, 3.8) is 0 Å². The third-order valence-corrected chi connectivity index (χ3v) is 5.59. The maximum Gasteiger partial charge on any atom is 0.262 e. The van der Waals surface area contributed by atoms with E-state index in [9.17, 15) is 9.59 Å². The van der Waals surface area contributed by atoms with Crippen LogP contribution in [0.3, 0.4) is 0 Å². The van der Waals surface area contributed by atoms with E-state index >= 15 is 0 Å². The Balaban J connectivity index is 1.58. The third kappa shape index (κ3) is 6.34. The smallest absolute Gasteiger partial charge is 0.262 e. The highest BCUT2D eigenvalue weighted by Crippen LogP contribution is 2.21. The SMILES string of the molecule is Cc1ccc(NC(=O)COc2ccccc2C(=O)NC2CCCCCCC2)c(C)c1. The molecule has 0 bridgehead atoms. The van der Waals surface area contributed by atoms with Crippen LogP contribution in [0.4, 0.5) is 5.69 Å². The zero-order valence-electron chi connectivity index (χ0n) is 18.0. The predicted molar refractivity (Wildman–Crippen MR) is 120 cm³/mol. The first-order chi connectivity index (χ1) is 14.5. The quantitative estimate of drug-likeness (QED) is 0.693. The first-order valence-corrected chi connectivity index (χ1v) is 10.9. The normalized spacial score (nSPS) is 15.0. The molecule has 2 aromatic carbocycles. The summed E-state index contributed by atoms with van der Waals surface area (Å²) in [4.78, 5) is 25.2. The lowest BCUT2D eigenvalue weighted by atomic mass is 9.96. The molecule has 2 aromatic rings. The second-order valence-corrected chi connectivity index (χ2v) is 8.17. The molecule has 5 heteroatoms. The predicted octanol–water partition coefficient (Wildman–Crippen LogP) is 5.16. The number of rotatable bonds is 6. The number of carbonyl (C=O) groups excluding carboxylic acids is 2. The summed E-state index contributed by atoms with van der Waals surface area (Å²) >= 11 is 0. The molecular weight excluding hydrogens is 376 g/mol. The van der Waals surface area contributed by atoms with Gasteiger partial charge in [0.25, 0.3) is 11.8 Å². The van der Waals surface area contributed by atoms with Gasteiger partial charge in [-0.1, -0.05) is 61.9 Å². The van der Waals surface area contributed by atoms with Crippen LogP contribution in [-0.2, 0) is 4.79 Å². The summed E-state index contributed by atoms with van der Waals surface area (Å²) in [6.45, 7) is 3.82. The molecule has 0 saturated heterocycles. The fourth-order valence-corrected chi connectivity index (χ4v) is 3.93. The lowest BCUT2D eigenvalue weighted by Crippen LogP contribution is -2.35. The molecule has 0 atom stereocenters. The van der Waals surface area contributed by atoms with Gasteiger partial charge < -0.3 is 15.4 Å². The summed E-state index contributed by atoms with van der Waals surface area (Å²) in [6, 6.07) is 13.2. The molecule has 0 heterocycles. The van der Waals surface area contributed by atoms with Gasteiger partial charge in [-0.05, 0) is 50.5 Å². The Bertz CT molecular complexity index is 870. The van der Waals surface area contributed by atoms with Gasteiger partial charge in [-0.3, -0.25) is 9.59 Å². The van der Waals surface area contributed by atoms with Gasteiger partial charge in [0.1, 0.15) is 5.75 Å². The zero-order valence-corrected chi connectivity index (χ0v) is 18.0. The van der Waals surface area contributed by atoms with E-state index in [2.05, 4.69) is 10.6 Å². The van der Waals surface area contributed by atoms with Gasteiger partial charge in [0, 0.05) is 11.7 Å². The van der Waals surface area contributed by atoms with Crippen molar-refractivity contribution >= 4 is 17.5 Å². The van der Waals surface area contributed by atoms with E-state index in [0.29, 0.717) is 11.3 Å². The van der Waals surface area contributed by atoms with Crippen LogP contribution in [0.15, 0.2) is 42.5 Å². The van der Waals surface area contributed by atoms with Gasteiger partial charge in [-0.25, -0.2) is 0 Å². The van der Waals surface area contributed by atoms with Crippen LogP contribution in [-0.4, -0.2) is 24.5 Å². The highest BCUT2D eigenvalue weighted by molar-refractivity contribution is 5.97. The van der Waals surface area contributed by atoms with Crippen LogP contribution in [0.5, 0.6) is 5.75 Å². The van der Waals surface area contributed by atoms with Crippen LogP contribution >= 0.6 is 0 Å². The van der Waals surface area contributed by atoms with Crippen LogP contribution in [0.25, 0.3) is 0 Å². The molecular formula is C25H32N2O3. The summed E-state index contributed by atoms with van der Waals surface area (Å²) in [5.74, 6) is 0.0414. The summed E-state index contributed by atoms with van der Waals surface area (Å²) in [5, 5.41) is 6.03. The van der Waals surface area contributed by atoms with E-state index in [-0.39, 0.29) is 24.5 Å². The summed E-state index contributed by atoms with van der Waals surface area (Å²) in [5.41, 5.74) is 3.39. The first kappa shape index (κ1) is 21.9. The van der Waals surface area contributed by atoms with Crippen molar-refractivity contribution in [1.82, 2.24) is 5.32 Å². The minimum absolute atomic E-state index is 0.133. The lowest BCUT2D eigenvalue weighted by molar-refractivity contribution is -0.118. The topological polar surface area (TPSA) is 67.4 Å². The molecule has 0 aromatic heterocycles. The second-order valence-electron chi connectivity index (χ2n) is 8.17. The number of nitrogens with one attached hydrogen (secondary N) is 2. The molecule has 0 radical (unpaired) electrons. The van der Waals surface area contributed by atoms with Crippen molar-refractivity contribution in [2.75, 3.05) is 11.9 Å². The van der Waals surface area contributed by atoms with Gasteiger partial charge in [0.15, 0.2) is 6.61 Å². The molecule has 0 spiro atoms. The van der Waals surface area contributed by atoms with Gasteiger partial charge in [-0.15, -0.1) is 0 Å². The molecule has 2 amide bonds. The Morgan fingerprint density at radius 3 is 2.40 bits per heavy atom. The van der Waals surface area contributed by atoms with E-state index < -0.39 is 0 Å². The van der Waals surface area contributed by atoms with Crippen LogP contribution < -0.4 is 15.4 Å². The minimum Gasteiger partial charge on any atom is -0.483 e. The summed E-state index contributed by atoms with van der Waals surface area (Å²) in [7, 11) is 0. The molecule has 1 fully saturated rings. The molecule has 1 saturated carbocycles. The van der Waals surface area contributed by atoms with Gasteiger partial charge in [-0.2, -0.15) is 0 Å². The van der Waals surface area contributed by atoms with Crippen LogP contribution in [0, 0.1) is 13.8 Å². The highest BCUT2D eigenvalue weighted by Gasteiger charge is 2.18. The Labute approximate surface area is 179 Å². The van der Waals surface area contributed by atoms with Gasteiger partial charge >= 0.3 is 0 Å². The van der Waals surface area contributed by atoms with Crippen molar-refractivity contribution in [2.45, 2.75) is 64.8 Å². The average molecular weight is 409 g/mol. The standard InChI is InChI=1S/C25H32N2O3/c1-18-14-15-22(19(2)16-18)27-24(28)17-30-23-13-9-8-12-21(23)25(29)26-20-10-6-4-3-5-7-11-20/h8-9,12-16,20H,3-7,10-11,17H2,1-2H3,(H,26,29)(H,27,28). The van der Waals surface area contributed by atoms with Crippen LogP contribution in [0.2, 0.25) is 0 Å². The number of ether oxygens (including phenoxy) is 1. The molecule has 0 aliphatic heterocycles. The molecule has 3 rings (SSSR count). The summed E-state index contributed by atoms with van der Waals surface area (Å²) in [6.07, 6.45) is 8.12. The van der Waals surface area contributed by atoms with Gasteiger partial charge in [0.2, 0.25) is 0 Å². The Hall–Kier alpha value is -2.82. The van der Waals surface area contributed by atoms with Gasteiger partial charge in [0.05, 0.1) is 5.56 Å². The van der Waals surface area contributed by atoms with E-state index in [1.165, 1.54) is 19.3 Å². The monoisotopic (exact) mass is 408 g/mol. The number of hydrogen-bond donors (Lipinski definition) is 2. The zero-order chi connectivity index (χ0) is 21.3. The van der Waals surface area contributed by atoms with Crippen molar-refractivity contribution in [2.24, 2.45) is 0 Å². The minimum atomic E-state index is -0.253. The molecule has 160 valence electrons. The average Bonchev–Trinajstić information content (AvgIpc) is 2.70. The number of amides is 2. The highest BCUT2D eigenvalue weighted by atomic mass is 16.5. The Morgan fingerprint density at radius 1 is 0.967 bits per heavy atom. The molecule has 30 heavy (non-hydrogen) atoms. The van der Waals surface area contributed by atoms with Crippen molar-refractivity contribution in [3.05, 3.63) is 59.2 Å². The largest absolute Gasteiger partial charge is 0.483 e. The van der Waals surface area contributed by atoms with Crippen LogP contribution in [0.1, 0.15) is 66.4 Å². The molecule has 2 N–H and O–H groups in total.